The summed E-state index contributed by atoms with van der Waals surface area (Å²) in [6.45, 7) is 0.500. The van der Waals surface area contributed by atoms with Crippen LogP contribution < -0.4 is 5.32 Å². The highest BCUT2D eigenvalue weighted by molar-refractivity contribution is 9.10. The molecular formula is C15H13BrClNOS. The zero-order valence-electron chi connectivity index (χ0n) is 10.6. The van der Waals surface area contributed by atoms with E-state index in [1.807, 2.05) is 48.5 Å². The molecule has 2 aromatic carbocycles. The molecule has 0 radical (unpaired) electrons. The van der Waals surface area contributed by atoms with Crippen molar-refractivity contribution >= 4 is 45.2 Å². The third-order valence-electron chi connectivity index (χ3n) is 2.56. The fourth-order valence-electron chi connectivity index (χ4n) is 1.58. The summed E-state index contributed by atoms with van der Waals surface area (Å²) in [5.41, 5.74) is 1.000. The fourth-order valence-corrected chi connectivity index (χ4v) is 2.78. The highest BCUT2D eigenvalue weighted by Gasteiger charge is 2.03. The van der Waals surface area contributed by atoms with Gasteiger partial charge in [-0.2, -0.15) is 0 Å². The molecule has 2 nitrogen and oxygen atoms in total. The molecule has 104 valence electrons. The lowest BCUT2D eigenvalue weighted by molar-refractivity contribution is -0.118. The zero-order valence-corrected chi connectivity index (χ0v) is 13.8. The summed E-state index contributed by atoms with van der Waals surface area (Å²) < 4.78 is 1.03. The minimum Gasteiger partial charge on any atom is -0.351 e. The second-order valence-corrected chi connectivity index (χ2v) is 6.55. The van der Waals surface area contributed by atoms with Crippen molar-refractivity contribution in [3.63, 3.8) is 0 Å². The Bertz CT molecular complexity index is 589. The first-order chi connectivity index (χ1) is 9.63. The van der Waals surface area contributed by atoms with Crippen molar-refractivity contribution < 1.29 is 4.79 Å². The van der Waals surface area contributed by atoms with E-state index in [4.69, 9.17) is 11.6 Å². The summed E-state index contributed by atoms with van der Waals surface area (Å²) in [7, 11) is 0. The van der Waals surface area contributed by atoms with Crippen molar-refractivity contribution in [3.8, 4) is 0 Å². The van der Waals surface area contributed by atoms with Crippen LogP contribution in [0, 0.1) is 0 Å². The third kappa shape index (κ3) is 5.19. The van der Waals surface area contributed by atoms with Crippen LogP contribution in [0.2, 0.25) is 5.02 Å². The summed E-state index contributed by atoms with van der Waals surface area (Å²) in [4.78, 5) is 12.8. The van der Waals surface area contributed by atoms with E-state index in [0.717, 1.165) is 14.9 Å². The molecule has 0 aliphatic rings. The SMILES string of the molecule is O=C(CSc1ccc(Br)cc1)NCc1cccc(Cl)c1. The van der Waals surface area contributed by atoms with Gasteiger partial charge in [-0.15, -0.1) is 11.8 Å². The van der Waals surface area contributed by atoms with Crippen LogP contribution in [0.1, 0.15) is 5.56 Å². The van der Waals surface area contributed by atoms with E-state index in [9.17, 15) is 4.79 Å². The molecule has 0 unspecified atom stereocenters. The maximum atomic E-state index is 11.8. The maximum Gasteiger partial charge on any atom is 0.230 e. The van der Waals surface area contributed by atoms with E-state index in [2.05, 4.69) is 21.2 Å². The Labute approximate surface area is 136 Å². The normalized spacial score (nSPS) is 10.3. The molecule has 2 aromatic rings. The molecule has 0 aliphatic heterocycles. The summed E-state index contributed by atoms with van der Waals surface area (Å²) >= 11 is 10.8. The molecule has 0 atom stereocenters. The van der Waals surface area contributed by atoms with Gasteiger partial charge < -0.3 is 5.32 Å². The number of carbonyl (C=O) groups excluding carboxylic acids is 1. The third-order valence-corrected chi connectivity index (χ3v) is 4.34. The predicted molar refractivity (Wildman–Crippen MR) is 88.2 cm³/mol. The van der Waals surface area contributed by atoms with Crippen LogP contribution in [0.25, 0.3) is 0 Å². The zero-order chi connectivity index (χ0) is 14.4. The van der Waals surface area contributed by atoms with E-state index in [1.54, 1.807) is 0 Å². The molecule has 0 fully saturated rings. The Kier molecular flexibility index (Phi) is 5.95. The molecule has 5 heteroatoms. The second kappa shape index (κ2) is 7.72. The molecule has 0 aliphatic carbocycles. The summed E-state index contributed by atoms with van der Waals surface area (Å²) in [5, 5.41) is 3.56. The minimum absolute atomic E-state index is 0.0119. The van der Waals surface area contributed by atoms with Crippen molar-refractivity contribution in [2.75, 3.05) is 5.75 Å². The van der Waals surface area contributed by atoms with Crippen LogP contribution in [0.3, 0.4) is 0 Å². The number of thioether (sulfide) groups is 1. The first-order valence-corrected chi connectivity index (χ1v) is 8.18. The van der Waals surface area contributed by atoms with E-state index in [1.165, 1.54) is 11.8 Å². The predicted octanol–water partition coefficient (Wildman–Crippen LogP) is 4.51. The van der Waals surface area contributed by atoms with Crippen LogP contribution in [-0.2, 0) is 11.3 Å². The van der Waals surface area contributed by atoms with Crippen molar-refractivity contribution in [3.05, 3.63) is 63.6 Å². The number of benzene rings is 2. The van der Waals surface area contributed by atoms with Gasteiger partial charge in [0.15, 0.2) is 0 Å². The van der Waals surface area contributed by atoms with Crippen LogP contribution in [0.5, 0.6) is 0 Å². The molecule has 0 saturated heterocycles. The second-order valence-electron chi connectivity index (χ2n) is 4.15. The average molecular weight is 371 g/mol. The van der Waals surface area contributed by atoms with Crippen LogP contribution in [0.4, 0.5) is 0 Å². The molecule has 0 bridgehead atoms. The average Bonchev–Trinajstić information content (AvgIpc) is 2.45. The molecule has 20 heavy (non-hydrogen) atoms. The minimum atomic E-state index is 0.0119. The molecule has 0 saturated carbocycles. The van der Waals surface area contributed by atoms with E-state index >= 15 is 0 Å². The summed E-state index contributed by atoms with van der Waals surface area (Å²) in [5.74, 6) is 0.417. The van der Waals surface area contributed by atoms with Gasteiger partial charge in [0.2, 0.25) is 5.91 Å². The van der Waals surface area contributed by atoms with Crippen LogP contribution in [0.15, 0.2) is 57.9 Å². The number of halogens is 2. The Morgan fingerprint density at radius 3 is 2.65 bits per heavy atom. The van der Waals surface area contributed by atoms with Gasteiger partial charge in [-0.05, 0) is 42.0 Å². The lowest BCUT2D eigenvalue weighted by atomic mass is 10.2. The van der Waals surface area contributed by atoms with E-state index < -0.39 is 0 Å². The number of hydrogen-bond acceptors (Lipinski definition) is 2. The van der Waals surface area contributed by atoms with Gasteiger partial charge in [-0.1, -0.05) is 39.7 Å². The largest absolute Gasteiger partial charge is 0.351 e. The molecule has 0 spiro atoms. The van der Waals surface area contributed by atoms with Crippen LogP contribution >= 0.6 is 39.3 Å². The molecule has 0 aromatic heterocycles. The highest BCUT2D eigenvalue weighted by Crippen LogP contribution is 2.20. The highest BCUT2D eigenvalue weighted by atomic mass is 79.9. The Balaban J connectivity index is 1.77. The maximum absolute atomic E-state index is 11.8. The Morgan fingerprint density at radius 2 is 1.95 bits per heavy atom. The van der Waals surface area contributed by atoms with Crippen molar-refractivity contribution in [1.29, 1.82) is 0 Å². The summed E-state index contributed by atoms with van der Waals surface area (Å²) in [6, 6.07) is 15.4. The van der Waals surface area contributed by atoms with Gasteiger partial charge in [-0.25, -0.2) is 0 Å². The topological polar surface area (TPSA) is 29.1 Å². The van der Waals surface area contributed by atoms with E-state index in [0.29, 0.717) is 17.3 Å². The smallest absolute Gasteiger partial charge is 0.230 e. The Hall–Kier alpha value is -0.970. The van der Waals surface area contributed by atoms with Gasteiger partial charge in [0.1, 0.15) is 0 Å². The first kappa shape index (κ1) is 15.4. The standard InChI is InChI=1S/C15H13BrClNOS/c16-12-4-6-14(7-5-12)20-10-15(19)18-9-11-2-1-3-13(17)8-11/h1-8H,9-10H2,(H,18,19). The van der Waals surface area contributed by atoms with Crippen molar-refractivity contribution in [1.82, 2.24) is 5.32 Å². The molecular weight excluding hydrogens is 358 g/mol. The van der Waals surface area contributed by atoms with Gasteiger partial charge in [0.25, 0.3) is 0 Å². The molecule has 1 N–H and O–H groups in total. The number of hydrogen-bond donors (Lipinski definition) is 1. The number of amides is 1. The molecule has 0 heterocycles. The van der Waals surface area contributed by atoms with E-state index in [-0.39, 0.29) is 5.91 Å². The number of rotatable bonds is 5. The van der Waals surface area contributed by atoms with Crippen molar-refractivity contribution in [2.45, 2.75) is 11.4 Å². The van der Waals surface area contributed by atoms with Gasteiger partial charge in [-0.3, -0.25) is 4.79 Å². The van der Waals surface area contributed by atoms with Crippen molar-refractivity contribution in [2.24, 2.45) is 0 Å². The fraction of sp³-hybridized carbons (Fsp3) is 0.133. The van der Waals surface area contributed by atoms with Gasteiger partial charge in [0, 0.05) is 20.9 Å². The number of carbonyl (C=O) groups is 1. The van der Waals surface area contributed by atoms with Crippen LogP contribution in [-0.4, -0.2) is 11.7 Å². The summed E-state index contributed by atoms with van der Waals surface area (Å²) in [6.07, 6.45) is 0. The monoisotopic (exact) mass is 369 g/mol. The first-order valence-electron chi connectivity index (χ1n) is 6.03. The molecule has 2 rings (SSSR count). The van der Waals surface area contributed by atoms with Gasteiger partial charge in [0.05, 0.1) is 5.75 Å². The lowest BCUT2D eigenvalue weighted by Gasteiger charge is -2.06. The quantitative estimate of drug-likeness (QED) is 0.785. The lowest BCUT2D eigenvalue weighted by Crippen LogP contribution is -2.24. The van der Waals surface area contributed by atoms with Gasteiger partial charge >= 0.3 is 0 Å². The molecule has 1 amide bonds. The Morgan fingerprint density at radius 1 is 1.20 bits per heavy atom. The number of nitrogens with one attached hydrogen (secondary N) is 1.